The molecule has 0 bridgehead atoms. The van der Waals surface area contributed by atoms with E-state index in [9.17, 15) is 8.78 Å². The highest BCUT2D eigenvalue weighted by Crippen LogP contribution is 2.34. The highest BCUT2D eigenvalue weighted by molar-refractivity contribution is 6.09. The first-order valence-corrected chi connectivity index (χ1v) is 7.51. The fourth-order valence-electron chi connectivity index (χ4n) is 3.17. The van der Waals surface area contributed by atoms with E-state index in [1.165, 1.54) is 12.1 Å². The molecule has 1 heterocycles. The third-order valence-electron chi connectivity index (χ3n) is 4.23. The summed E-state index contributed by atoms with van der Waals surface area (Å²) in [5, 5.41) is 2.15. The van der Waals surface area contributed by atoms with Gasteiger partial charge in [0, 0.05) is 16.8 Å². The standard InChI is InChI=1S/C20H15F2N/c1-12-3-6-18-15(9-12)16-10-13(2)4-7-19(16)23(18)20-8-5-14(21)11-17(20)22/h3-11H,1-2H3. The smallest absolute Gasteiger partial charge is 0.150 e. The lowest BCUT2D eigenvalue weighted by molar-refractivity contribution is 0.579. The molecular formula is C20H15F2N. The molecule has 0 saturated carbocycles. The average Bonchev–Trinajstić information content (AvgIpc) is 2.81. The van der Waals surface area contributed by atoms with Crippen LogP contribution in [0.2, 0.25) is 0 Å². The number of fused-ring (bicyclic) bond motifs is 3. The molecule has 1 nitrogen and oxygen atoms in total. The molecule has 3 heteroatoms. The van der Waals surface area contributed by atoms with E-state index in [1.807, 2.05) is 42.7 Å². The van der Waals surface area contributed by atoms with Gasteiger partial charge in [-0.3, -0.25) is 0 Å². The van der Waals surface area contributed by atoms with E-state index in [0.717, 1.165) is 39.0 Å². The van der Waals surface area contributed by atoms with Crippen molar-refractivity contribution in [1.29, 1.82) is 0 Å². The van der Waals surface area contributed by atoms with Crippen LogP contribution in [0.4, 0.5) is 8.78 Å². The second-order valence-corrected chi connectivity index (χ2v) is 5.97. The Hall–Kier alpha value is -2.68. The van der Waals surface area contributed by atoms with Gasteiger partial charge in [0.25, 0.3) is 0 Å². The predicted octanol–water partition coefficient (Wildman–Crippen LogP) is 5.68. The van der Waals surface area contributed by atoms with Crippen molar-refractivity contribution in [3.8, 4) is 5.69 Å². The van der Waals surface area contributed by atoms with E-state index >= 15 is 0 Å². The number of aromatic nitrogens is 1. The first kappa shape index (κ1) is 13.9. The van der Waals surface area contributed by atoms with Crippen LogP contribution in [0.25, 0.3) is 27.5 Å². The Morgan fingerprint density at radius 1 is 0.696 bits per heavy atom. The zero-order chi connectivity index (χ0) is 16.1. The first-order valence-electron chi connectivity index (χ1n) is 7.51. The van der Waals surface area contributed by atoms with Gasteiger partial charge in [0.1, 0.15) is 11.6 Å². The second kappa shape index (κ2) is 4.92. The Balaban J connectivity index is 2.20. The lowest BCUT2D eigenvalue weighted by atomic mass is 10.1. The Morgan fingerprint density at radius 2 is 1.26 bits per heavy atom. The fourth-order valence-corrected chi connectivity index (χ4v) is 3.17. The molecule has 0 fully saturated rings. The summed E-state index contributed by atoms with van der Waals surface area (Å²) in [6.45, 7) is 4.08. The van der Waals surface area contributed by atoms with E-state index in [0.29, 0.717) is 5.69 Å². The zero-order valence-corrected chi connectivity index (χ0v) is 12.9. The monoisotopic (exact) mass is 307 g/mol. The van der Waals surface area contributed by atoms with Gasteiger partial charge < -0.3 is 4.57 Å². The summed E-state index contributed by atoms with van der Waals surface area (Å²) in [7, 11) is 0. The van der Waals surface area contributed by atoms with Crippen LogP contribution in [0.3, 0.4) is 0 Å². The van der Waals surface area contributed by atoms with Gasteiger partial charge >= 0.3 is 0 Å². The van der Waals surface area contributed by atoms with Crippen molar-refractivity contribution in [2.24, 2.45) is 0 Å². The maximum absolute atomic E-state index is 14.4. The summed E-state index contributed by atoms with van der Waals surface area (Å²) in [5.41, 5.74) is 4.50. The molecule has 0 aliphatic carbocycles. The predicted molar refractivity (Wildman–Crippen MR) is 90.2 cm³/mol. The van der Waals surface area contributed by atoms with Crippen molar-refractivity contribution in [2.45, 2.75) is 13.8 Å². The van der Waals surface area contributed by atoms with Gasteiger partial charge in [0.15, 0.2) is 0 Å². The van der Waals surface area contributed by atoms with Crippen LogP contribution in [0.15, 0.2) is 54.6 Å². The lowest BCUT2D eigenvalue weighted by Crippen LogP contribution is -1.98. The molecule has 4 aromatic rings. The average molecular weight is 307 g/mol. The molecule has 0 spiro atoms. The number of benzene rings is 3. The summed E-state index contributed by atoms with van der Waals surface area (Å²) in [6, 6.07) is 15.9. The molecule has 23 heavy (non-hydrogen) atoms. The Bertz CT molecular complexity index is 1000. The van der Waals surface area contributed by atoms with E-state index in [1.54, 1.807) is 0 Å². The van der Waals surface area contributed by atoms with Gasteiger partial charge in [-0.25, -0.2) is 8.78 Å². The minimum absolute atomic E-state index is 0.360. The van der Waals surface area contributed by atoms with Gasteiger partial charge in [-0.2, -0.15) is 0 Å². The van der Waals surface area contributed by atoms with Gasteiger partial charge in [0.2, 0.25) is 0 Å². The Morgan fingerprint density at radius 3 is 1.78 bits per heavy atom. The number of rotatable bonds is 1. The SMILES string of the molecule is Cc1ccc2c(c1)c1cc(C)ccc1n2-c1ccc(F)cc1F. The van der Waals surface area contributed by atoms with Crippen molar-refractivity contribution in [3.63, 3.8) is 0 Å². The summed E-state index contributed by atoms with van der Waals surface area (Å²) in [4.78, 5) is 0. The van der Waals surface area contributed by atoms with E-state index in [-0.39, 0.29) is 0 Å². The maximum Gasteiger partial charge on any atom is 0.150 e. The van der Waals surface area contributed by atoms with Crippen molar-refractivity contribution < 1.29 is 8.78 Å². The fraction of sp³-hybridized carbons (Fsp3) is 0.100. The second-order valence-electron chi connectivity index (χ2n) is 5.97. The summed E-state index contributed by atoms with van der Waals surface area (Å²) in [6.07, 6.45) is 0. The number of hydrogen-bond acceptors (Lipinski definition) is 0. The first-order chi connectivity index (χ1) is 11.0. The Kier molecular flexibility index (Phi) is 2.98. The zero-order valence-electron chi connectivity index (χ0n) is 12.9. The number of aryl methyl sites for hydroxylation is 2. The van der Waals surface area contributed by atoms with E-state index in [2.05, 4.69) is 12.1 Å². The minimum Gasteiger partial charge on any atom is -0.306 e. The largest absolute Gasteiger partial charge is 0.306 e. The Labute approximate surface area is 132 Å². The van der Waals surface area contributed by atoms with Crippen molar-refractivity contribution in [2.75, 3.05) is 0 Å². The molecule has 3 aromatic carbocycles. The van der Waals surface area contributed by atoms with Crippen LogP contribution < -0.4 is 0 Å². The maximum atomic E-state index is 14.4. The van der Waals surface area contributed by atoms with Crippen LogP contribution in [-0.2, 0) is 0 Å². The number of halogens is 2. The molecule has 0 aliphatic heterocycles. The minimum atomic E-state index is -0.571. The van der Waals surface area contributed by atoms with Crippen LogP contribution in [0, 0.1) is 25.5 Å². The summed E-state index contributed by atoms with van der Waals surface area (Å²) < 4.78 is 29.5. The van der Waals surface area contributed by atoms with E-state index in [4.69, 9.17) is 0 Å². The molecular weight excluding hydrogens is 292 g/mol. The van der Waals surface area contributed by atoms with Crippen molar-refractivity contribution >= 4 is 21.8 Å². The summed E-state index contributed by atoms with van der Waals surface area (Å²) in [5.74, 6) is -1.14. The van der Waals surface area contributed by atoms with Gasteiger partial charge in [-0.15, -0.1) is 0 Å². The molecule has 0 amide bonds. The molecule has 4 rings (SSSR count). The van der Waals surface area contributed by atoms with Crippen molar-refractivity contribution in [3.05, 3.63) is 77.4 Å². The normalized spacial score (nSPS) is 11.5. The molecule has 0 aliphatic rings. The molecule has 0 saturated heterocycles. The van der Waals surface area contributed by atoms with E-state index < -0.39 is 11.6 Å². The molecule has 0 N–H and O–H groups in total. The molecule has 0 atom stereocenters. The quantitative estimate of drug-likeness (QED) is 0.426. The number of nitrogens with zero attached hydrogens (tertiary/aromatic N) is 1. The highest BCUT2D eigenvalue weighted by atomic mass is 19.1. The van der Waals surface area contributed by atoms with Crippen LogP contribution >= 0.6 is 0 Å². The molecule has 114 valence electrons. The number of hydrogen-bond donors (Lipinski definition) is 0. The van der Waals surface area contributed by atoms with Gasteiger partial charge in [0.05, 0.1) is 16.7 Å². The molecule has 0 radical (unpaired) electrons. The third-order valence-corrected chi connectivity index (χ3v) is 4.23. The van der Waals surface area contributed by atoms with Crippen molar-refractivity contribution in [1.82, 2.24) is 4.57 Å². The van der Waals surface area contributed by atoms with Crippen LogP contribution in [0.5, 0.6) is 0 Å². The topological polar surface area (TPSA) is 4.93 Å². The molecule has 0 unspecified atom stereocenters. The van der Waals surface area contributed by atoms with Gasteiger partial charge in [-0.1, -0.05) is 23.3 Å². The third kappa shape index (κ3) is 2.12. The highest BCUT2D eigenvalue weighted by Gasteiger charge is 2.15. The van der Waals surface area contributed by atoms with Crippen LogP contribution in [-0.4, -0.2) is 4.57 Å². The van der Waals surface area contributed by atoms with Crippen LogP contribution in [0.1, 0.15) is 11.1 Å². The lowest BCUT2D eigenvalue weighted by Gasteiger charge is -2.09. The van der Waals surface area contributed by atoms with Gasteiger partial charge in [-0.05, 0) is 50.2 Å². The molecule has 1 aromatic heterocycles. The summed E-state index contributed by atoms with van der Waals surface area (Å²) >= 11 is 0.